The fourth-order valence-corrected chi connectivity index (χ4v) is 11.4. The maximum absolute atomic E-state index is 14.5. The molecular formula is C53H84NO14P. The van der Waals surface area contributed by atoms with Crippen molar-refractivity contribution in [2.24, 2.45) is 35.5 Å². The van der Waals surface area contributed by atoms with Crippen LogP contribution in [0, 0.1) is 35.5 Å². The van der Waals surface area contributed by atoms with E-state index < -0.39 is 85.1 Å². The highest BCUT2D eigenvalue weighted by Gasteiger charge is 2.53. The van der Waals surface area contributed by atoms with Gasteiger partial charge in [-0.25, -0.2) is 4.79 Å². The molecule has 1 amide bonds. The highest BCUT2D eigenvalue weighted by Crippen LogP contribution is 2.45. The lowest BCUT2D eigenvalue weighted by Crippen LogP contribution is -2.61. The first-order valence-corrected chi connectivity index (χ1v) is 27.7. The molecule has 0 aromatic heterocycles. The molecule has 4 rings (SSSR count). The van der Waals surface area contributed by atoms with Crippen LogP contribution in [0.2, 0.25) is 0 Å². The minimum atomic E-state index is -2.79. The summed E-state index contributed by atoms with van der Waals surface area (Å²) >= 11 is 0. The highest BCUT2D eigenvalue weighted by molar-refractivity contribution is 7.57. The summed E-state index contributed by atoms with van der Waals surface area (Å²) in [6.45, 7) is 15.9. The molecule has 3 fully saturated rings. The lowest BCUT2D eigenvalue weighted by Gasteiger charge is -2.42. The lowest BCUT2D eigenvalue weighted by molar-refractivity contribution is -0.265. The summed E-state index contributed by atoms with van der Waals surface area (Å²) in [5, 5.41) is 23.5. The Bertz CT molecular complexity index is 1940. The van der Waals surface area contributed by atoms with E-state index in [2.05, 4.69) is 0 Å². The monoisotopic (exact) mass is 990 g/mol. The second-order valence-corrected chi connectivity index (χ2v) is 23.6. The van der Waals surface area contributed by atoms with Gasteiger partial charge in [-0.15, -0.1) is 0 Å². The quantitative estimate of drug-likeness (QED) is 0.104. The van der Waals surface area contributed by atoms with Crippen molar-refractivity contribution < 1.29 is 67.0 Å². The third-order valence-electron chi connectivity index (χ3n) is 14.8. The predicted octanol–water partition coefficient (Wildman–Crippen LogP) is 7.74. The predicted molar refractivity (Wildman–Crippen MR) is 263 cm³/mol. The first kappa shape index (κ1) is 58.4. The average Bonchev–Trinajstić information content (AvgIpc) is 3.30. The van der Waals surface area contributed by atoms with Gasteiger partial charge in [0.2, 0.25) is 5.79 Å². The van der Waals surface area contributed by atoms with E-state index in [0.717, 1.165) is 12.0 Å². The molecule has 390 valence electrons. The Balaban J connectivity index is 1.70. The number of fused-ring (bicyclic) bond motifs is 3. The number of allylic oxidation sites excluding steroid dienone is 6. The number of aliphatic hydroxyl groups is 2. The van der Waals surface area contributed by atoms with Crippen LogP contribution in [-0.4, -0.2) is 140 Å². The number of hydrogen-bond donors (Lipinski definition) is 2. The van der Waals surface area contributed by atoms with Crippen molar-refractivity contribution in [2.75, 3.05) is 41.2 Å². The minimum Gasteiger partial charge on any atom is -0.460 e. The van der Waals surface area contributed by atoms with Crippen LogP contribution in [-0.2, 0) is 56.7 Å². The fourth-order valence-electron chi connectivity index (χ4n) is 10.5. The minimum absolute atomic E-state index is 0.0117. The van der Waals surface area contributed by atoms with Gasteiger partial charge >= 0.3 is 5.97 Å². The van der Waals surface area contributed by atoms with E-state index in [1.54, 1.807) is 54.4 Å². The first-order chi connectivity index (χ1) is 32.4. The van der Waals surface area contributed by atoms with Gasteiger partial charge < -0.3 is 43.3 Å². The second-order valence-electron chi connectivity index (χ2n) is 20.9. The highest BCUT2D eigenvalue weighted by atomic mass is 31.2. The third-order valence-corrected chi connectivity index (χ3v) is 15.6. The SMILES string of the molecule is CO[C@H]1C[C@@H]2CC[C@@H](C)[C@@](O)(O2)C(=O)C(=O)N2CCCCC2C(=O)OC([C@H](C)C[C@@H]2CC[C@@H](OP(C)(C)=O)[C@H](OC)C2)CC(=O)[C@H](C)/C=C(\C)[C@@H](O)[C@@H](OC)C(=O)[C@H](C)C[C@H](C)/C=C/C=CC=C1C. The standard InChI is InChI=1S/C53H84NO14P/c1-32-18-14-13-15-19-33(2)44(63-8)30-40-23-21-38(7)53(61,67-40)50(58)51(59)54-25-17-16-20-41(54)52(60)66-45(35(4)28-39-22-24-43(46(29-39)64-9)68-69(11,12)62)31-42(55)34(3)27-37(6)48(57)49(65-10)47(56)36(5)26-32/h13-15,18-19,27,32,34-36,38-41,43-46,48-49,57,61H,16-17,20-26,28-31H2,1-12H3/b15-13?,18-14+,33-19?,37-27+/t32-,34-,35-,36-,38-,39+,40+,41?,43-,44+,45?,46-,48-,49+,53-/m1/s1. The molecule has 1 saturated carbocycles. The van der Waals surface area contributed by atoms with Gasteiger partial charge in [-0.1, -0.05) is 71.1 Å². The van der Waals surface area contributed by atoms with Gasteiger partial charge in [-0.05, 0) is 107 Å². The molecule has 0 aromatic rings. The second kappa shape index (κ2) is 26.5. The van der Waals surface area contributed by atoms with Crippen LogP contribution in [0.1, 0.15) is 126 Å². The summed E-state index contributed by atoms with van der Waals surface area (Å²) in [5.41, 5.74) is 1.25. The topological polar surface area (TPSA) is 201 Å². The molecule has 2 bridgehead atoms. The lowest BCUT2D eigenvalue weighted by atomic mass is 9.78. The van der Waals surface area contributed by atoms with Crippen molar-refractivity contribution in [3.8, 4) is 0 Å². The number of piperidine rings is 1. The maximum atomic E-state index is 14.5. The number of amides is 1. The molecule has 4 aliphatic rings. The van der Waals surface area contributed by atoms with E-state index in [-0.39, 0.29) is 60.9 Å². The average molecular weight is 990 g/mol. The summed E-state index contributed by atoms with van der Waals surface area (Å²) in [4.78, 5) is 72.2. The van der Waals surface area contributed by atoms with Crippen LogP contribution >= 0.6 is 7.37 Å². The Hall–Kier alpha value is -3.14. The normalized spacial score (nSPS) is 37.8. The van der Waals surface area contributed by atoms with Gasteiger partial charge in [-0.2, -0.15) is 0 Å². The number of aliphatic hydroxyl groups excluding tert-OH is 1. The molecular weight excluding hydrogens is 906 g/mol. The number of ketones is 3. The van der Waals surface area contributed by atoms with Crippen LogP contribution in [0.25, 0.3) is 0 Å². The smallest absolute Gasteiger partial charge is 0.329 e. The third kappa shape index (κ3) is 16.2. The number of hydrogen-bond acceptors (Lipinski definition) is 14. The number of carbonyl (C=O) groups excluding carboxylic acids is 5. The molecule has 1 aliphatic carbocycles. The number of rotatable bonds is 8. The molecule has 2 N–H and O–H groups in total. The van der Waals surface area contributed by atoms with Gasteiger partial charge in [0.15, 0.2) is 13.2 Å². The van der Waals surface area contributed by atoms with Crippen molar-refractivity contribution in [2.45, 2.75) is 180 Å². The Kier molecular flexibility index (Phi) is 22.5. The van der Waals surface area contributed by atoms with Crippen LogP contribution in [0.3, 0.4) is 0 Å². The number of Topliss-reactive ketones (excluding diaryl/α,β-unsaturated/α-hetero) is 3. The number of nitrogens with zero attached hydrogens (tertiary/aromatic N) is 1. The van der Waals surface area contributed by atoms with Crippen LogP contribution < -0.4 is 0 Å². The summed E-state index contributed by atoms with van der Waals surface area (Å²) in [5.74, 6) is -8.11. The maximum Gasteiger partial charge on any atom is 0.329 e. The van der Waals surface area contributed by atoms with Crippen molar-refractivity contribution in [1.29, 1.82) is 0 Å². The van der Waals surface area contributed by atoms with Crippen molar-refractivity contribution >= 4 is 36.6 Å². The van der Waals surface area contributed by atoms with Gasteiger partial charge in [0.1, 0.15) is 30.1 Å². The van der Waals surface area contributed by atoms with Crippen LogP contribution in [0.4, 0.5) is 0 Å². The number of esters is 1. The molecule has 0 aromatic carbocycles. The molecule has 15 nitrogen and oxygen atoms in total. The summed E-state index contributed by atoms with van der Waals surface area (Å²) in [6, 6.07) is -1.16. The molecule has 0 spiro atoms. The van der Waals surface area contributed by atoms with E-state index >= 15 is 0 Å². The van der Waals surface area contributed by atoms with Crippen molar-refractivity contribution in [3.05, 3.63) is 47.6 Å². The van der Waals surface area contributed by atoms with Gasteiger partial charge in [-0.3, -0.25) is 23.7 Å². The van der Waals surface area contributed by atoms with E-state index in [1.165, 1.54) is 12.0 Å². The molecule has 3 heterocycles. The zero-order valence-corrected chi connectivity index (χ0v) is 44.3. The Morgan fingerprint density at radius 2 is 1.57 bits per heavy atom. The van der Waals surface area contributed by atoms with E-state index in [9.17, 15) is 38.8 Å². The largest absolute Gasteiger partial charge is 0.460 e. The molecule has 3 aliphatic heterocycles. The van der Waals surface area contributed by atoms with E-state index in [4.69, 9.17) is 28.2 Å². The van der Waals surface area contributed by atoms with Gasteiger partial charge in [0.05, 0.1) is 24.4 Å². The Labute approximate surface area is 411 Å². The van der Waals surface area contributed by atoms with Crippen LogP contribution in [0.15, 0.2) is 47.6 Å². The molecule has 0 radical (unpaired) electrons. The van der Waals surface area contributed by atoms with Gasteiger partial charge in [0, 0.05) is 71.8 Å². The zero-order valence-electron chi connectivity index (χ0n) is 43.4. The van der Waals surface area contributed by atoms with Crippen LogP contribution in [0.5, 0.6) is 0 Å². The number of cyclic esters (lactones) is 1. The molecule has 69 heavy (non-hydrogen) atoms. The first-order valence-electron chi connectivity index (χ1n) is 25.2. The number of carbonyl (C=O) groups is 5. The van der Waals surface area contributed by atoms with Crippen molar-refractivity contribution in [3.63, 3.8) is 0 Å². The molecule has 16 heteroatoms. The summed E-state index contributed by atoms with van der Waals surface area (Å²) < 4.78 is 48.2. The Morgan fingerprint density at radius 1 is 0.855 bits per heavy atom. The molecule has 15 atom stereocenters. The van der Waals surface area contributed by atoms with E-state index in [0.29, 0.717) is 63.4 Å². The van der Waals surface area contributed by atoms with E-state index in [1.807, 2.05) is 58.1 Å². The molecule has 2 saturated heterocycles. The fraction of sp³-hybridized carbons (Fsp3) is 0.755. The summed E-state index contributed by atoms with van der Waals surface area (Å²) in [6.07, 6.45) is 11.4. The van der Waals surface area contributed by atoms with Gasteiger partial charge in [0.25, 0.3) is 11.7 Å². The van der Waals surface area contributed by atoms with Crippen molar-refractivity contribution in [1.82, 2.24) is 4.90 Å². The number of methoxy groups -OCH3 is 3. The zero-order chi connectivity index (χ0) is 51.4. The summed E-state index contributed by atoms with van der Waals surface area (Å²) in [7, 11) is 1.76. The Morgan fingerprint density at radius 3 is 2.22 bits per heavy atom. The number of ether oxygens (including phenoxy) is 5. The molecule has 2 unspecified atom stereocenters.